The van der Waals surface area contributed by atoms with Crippen molar-refractivity contribution in [3.8, 4) is 0 Å². The molecule has 1 aliphatic rings. The monoisotopic (exact) mass is 366 g/mol. The highest BCUT2D eigenvalue weighted by Crippen LogP contribution is 2.13. The molecule has 136 valence electrons. The number of sulfone groups is 1. The molecule has 1 aromatic rings. The lowest BCUT2D eigenvalue weighted by atomic mass is 10.2. The summed E-state index contributed by atoms with van der Waals surface area (Å²) in [6.45, 7) is 6.54. The van der Waals surface area contributed by atoms with E-state index in [0.717, 1.165) is 11.1 Å². The van der Waals surface area contributed by atoms with Gasteiger partial charge in [0.25, 0.3) is 5.69 Å². The smallest absolute Gasteiger partial charge is 0.269 e. The van der Waals surface area contributed by atoms with Gasteiger partial charge in [-0.3, -0.25) is 10.1 Å². The molecule has 0 amide bonds. The maximum absolute atomic E-state index is 11.6. The summed E-state index contributed by atoms with van der Waals surface area (Å²) in [5.41, 5.74) is 1.77. The van der Waals surface area contributed by atoms with Gasteiger partial charge in [-0.1, -0.05) is 24.3 Å². The van der Waals surface area contributed by atoms with Crippen LogP contribution in [-0.2, 0) is 16.4 Å². The molecule has 1 aliphatic heterocycles. The summed E-state index contributed by atoms with van der Waals surface area (Å²) in [5, 5.41) is 16.9. The van der Waals surface area contributed by atoms with Crippen LogP contribution in [-0.4, -0.2) is 43.4 Å². The zero-order chi connectivity index (χ0) is 18.4. The van der Waals surface area contributed by atoms with Gasteiger partial charge in [0.05, 0.1) is 23.0 Å². The van der Waals surface area contributed by atoms with Crippen LogP contribution >= 0.6 is 0 Å². The van der Waals surface area contributed by atoms with Gasteiger partial charge >= 0.3 is 0 Å². The molecular formula is C16H22N4O4S. The van der Waals surface area contributed by atoms with E-state index in [9.17, 15) is 18.5 Å². The number of hydrogen-bond acceptors (Lipinski definition) is 5. The summed E-state index contributed by atoms with van der Waals surface area (Å²) in [6.07, 6.45) is 0.549. The van der Waals surface area contributed by atoms with E-state index in [2.05, 4.69) is 22.2 Å². The molecule has 1 heterocycles. The molecule has 1 saturated heterocycles. The number of guanidine groups is 1. The van der Waals surface area contributed by atoms with Crippen LogP contribution in [0.15, 0.2) is 41.4 Å². The summed E-state index contributed by atoms with van der Waals surface area (Å²) in [4.78, 5) is 14.7. The molecule has 0 aromatic heterocycles. The fourth-order valence-corrected chi connectivity index (χ4v) is 4.06. The molecule has 1 unspecified atom stereocenters. The number of aliphatic imine (C=N–C) groups is 1. The highest BCUT2D eigenvalue weighted by atomic mass is 32.2. The van der Waals surface area contributed by atoms with E-state index < -0.39 is 14.8 Å². The van der Waals surface area contributed by atoms with Gasteiger partial charge < -0.3 is 10.6 Å². The Balaban J connectivity index is 2.04. The van der Waals surface area contributed by atoms with Gasteiger partial charge in [-0.25, -0.2) is 13.4 Å². The number of rotatable bonds is 6. The minimum absolute atomic E-state index is 0.0302. The standard InChI is InChI=1S/C16H22N4O4S/c1-12(2)9-17-16(19-14-7-8-25(23,24)11-14)18-10-13-3-5-15(6-4-13)20(21)22/h3-6,14H,1,7-11H2,2H3,(H2,17,18,19). The number of nitro benzene ring substituents is 1. The molecule has 1 fully saturated rings. The molecule has 0 saturated carbocycles. The molecule has 25 heavy (non-hydrogen) atoms. The minimum atomic E-state index is -2.98. The van der Waals surface area contributed by atoms with Crippen molar-refractivity contribution in [2.45, 2.75) is 25.9 Å². The number of nitrogens with zero attached hydrogens (tertiary/aromatic N) is 2. The van der Waals surface area contributed by atoms with Crippen LogP contribution in [0.2, 0.25) is 0 Å². The fourth-order valence-electron chi connectivity index (χ4n) is 2.38. The average molecular weight is 366 g/mol. The van der Waals surface area contributed by atoms with Gasteiger partial charge in [-0.15, -0.1) is 0 Å². The molecule has 8 nitrogen and oxygen atoms in total. The van der Waals surface area contributed by atoms with Crippen LogP contribution in [0.1, 0.15) is 18.9 Å². The van der Waals surface area contributed by atoms with Crippen LogP contribution in [0.3, 0.4) is 0 Å². The van der Waals surface area contributed by atoms with Crippen molar-refractivity contribution in [2.24, 2.45) is 4.99 Å². The zero-order valence-electron chi connectivity index (χ0n) is 14.1. The molecule has 0 radical (unpaired) electrons. The van der Waals surface area contributed by atoms with E-state index in [0.29, 0.717) is 25.5 Å². The number of benzene rings is 1. The van der Waals surface area contributed by atoms with E-state index in [1.54, 1.807) is 12.1 Å². The van der Waals surface area contributed by atoms with Gasteiger partial charge in [-0.2, -0.15) is 0 Å². The van der Waals surface area contributed by atoms with Crippen molar-refractivity contribution in [1.82, 2.24) is 10.6 Å². The average Bonchev–Trinajstić information content (AvgIpc) is 2.89. The highest BCUT2D eigenvalue weighted by molar-refractivity contribution is 7.91. The van der Waals surface area contributed by atoms with Gasteiger partial charge in [-0.05, 0) is 18.9 Å². The second kappa shape index (κ2) is 8.11. The predicted molar refractivity (Wildman–Crippen MR) is 97.2 cm³/mol. The van der Waals surface area contributed by atoms with Crippen molar-refractivity contribution < 1.29 is 13.3 Å². The summed E-state index contributed by atoms with van der Waals surface area (Å²) < 4.78 is 23.2. The van der Waals surface area contributed by atoms with E-state index in [4.69, 9.17) is 0 Å². The molecule has 0 bridgehead atoms. The van der Waals surface area contributed by atoms with Crippen LogP contribution < -0.4 is 10.6 Å². The lowest BCUT2D eigenvalue weighted by Gasteiger charge is -2.16. The topological polar surface area (TPSA) is 114 Å². The van der Waals surface area contributed by atoms with E-state index in [1.807, 2.05) is 6.92 Å². The first-order valence-corrected chi connectivity index (χ1v) is 9.70. The van der Waals surface area contributed by atoms with Crippen molar-refractivity contribution in [1.29, 1.82) is 0 Å². The normalized spacial score (nSPS) is 19.4. The van der Waals surface area contributed by atoms with Gasteiger partial charge in [0.15, 0.2) is 15.8 Å². The molecule has 9 heteroatoms. The summed E-state index contributed by atoms with van der Waals surface area (Å²) in [6, 6.07) is 6.00. The SMILES string of the molecule is C=C(C)CNC(=NCc1ccc([N+](=O)[O-])cc1)NC1CCS(=O)(=O)C1. The molecule has 1 aromatic carbocycles. The maximum atomic E-state index is 11.6. The largest absolute Gasteiger partial charge is 0.353 e. The third-order valence-corrected chi connectivity index (χ3v) is 5.47. The van der Waals surface area contributed by atoms with E-state index in [1.165, 1.54) is 12.1 Å². The second-order valence-corrected chi connectivity index (χ2v) is 8.37. The molecule has 2 N–H and O–H groups in total. The van der Waals surface area contributed by atoms with Crippen molar-refractivity contribution in [2.75, 3.05) is 18.1 Å². The Morgan fingerprint density at radius 2 is 2.08 bits per heavy atom. The van der Waals surface area contributed by atoms with Crippen molar-refractivity contribution >= 4 is 21.5 Å². The number of non-ortho nitro benzene ring substituents is 1. The van der Waals surface area contributed by atoms with Gasteiger partial charge in [0.1, 0.15) is 0 Å². The Labute approximate surface area is 147 Å². The second-order valence-electron chi connectivity index (χ2n) is 6.14. The third-order valence-electron chi connectivity index (χ3n) is 3.70. The molecule has 1 atom stereocenters. The number of nitro groups is 1. The van der Waals surface area contributed by atoms with Gasteiger partial charge in [0, 0.05) is 24.7 Å². The van der Waals surface area contributed by atoms with Crippen LogP contribution in [0, 0.1) is 10.1 Å². The quantitative estimate of drug-likeness (QED) is 0.259. The lowest BCUT2D eigenvalue weighted by molar-refractivity contribution is -0.384. The minimum Gasteiger partial charge on any atom is -0.353 e. The molecule has 2 rings (SSSR count). The van der Waals surface area contributed by atoms with E-state index in [-0.39, 0.29) is 23.2 Å². The Morgan fingerprint density at radius 3 is 2.60 bits per heavy atom. The lowest BCUT2D eigenvalue weighted by Crippen LogP contribution is -2.44. The van der Waals surface area contributed by atoms with Crippen molar-refractivity contribution in [3.63, 3.8) is 0 Å². The molecule has 0 aliphatic carbocycles. The molecular weight excluding hydrogens is 344 g/mol. The number of nitrogens with one attached hydrogen (secondary N) is 2. The Morgan fingerprint density at radius 1 is 1.40 bits per heavy atom. The van der Waals surface area contributed by atoms with Crippen LogP contribution in [0.25, 0.3) is 0 Å². The Bertz CT molecular complexity index is 772. The summed E-state index contributed by atoms with van der Waals surface area (Å²) in [7, 11) is -2.98. The van der Waals surface area contributed by atoms with E-state index >= 15 is 0 Å². The third kappa shape index (κ3) is 6.18. The zero-order valence-corrected chi connectivity index (χ0v) is 14.9. The number of hydrogen-bond donors (Lipinski definition) is 2. The Kier molecular flexibility index (Phi) is 6.13. The van der Waals surface area contributed by atoms with Crippen LogP contribution in [0.4, 0.5) is 5.69 Å². The van der Waals surface area contributed by atoms with Crippen LogP contribution in [0.5, 0.6) is 0 Å². The summed E-state index contributed by atoms with van der Waals surface area (Å²) in [5.74, 6) is 0.780. The van der Waals surface area contributed by atoms with Gasteiger partial charge in [0.2, 0.25) is 0 Å². The highest BCUT2D eigenvalue weighted by Gasteiger charge is 2.28. The first-order valence-electron chi connectivity index (χ1n) is 7.88. The molecule has 0 spiro atoms. The first-order chi connectivity index (χ1) is 11.7. The predicted octanol–water partition coefficient (Wildman–Crippen LogP) is 1.39. The fraction of sp³-hybridized carbons (Fsp3) is 0.438. The Hall–Kier alpha value is -2.42. The summed E-state index contributed by atoms with van der Waals surface area (Å²) >= 11 is 0. The maximum Gasteiger partial charge on any atom is 0.269 e. The van der Waals surface area contributed by atoms with Crippen molar-refractivity contribution in [3.05, 3.63) is 52.1 Å². The first kappa shape index (κ1) is 18.9.